The van der Waals surface area contributed by atoms with Gasteiger partial charge < -0.3 is 19.7 Å². The van der Waals surface area contributed by atoms with E-state index in [0.29, 0.717) is 41.5 Å². The number of hydrogen-bond donors (Lipinski definition) is 1. The number of nitrogens with one attached hydrogen (secondary N) is 1. The third kappa shape index (κ3) is 2.82. The zero-order valence-corrected chi connectivity index (χ0v) is 16.1. The molecule has 3 aromatic heterocycles. The topological polar surface area (TPSA) is 93.9 Å². The molecule has 5 heterocycles. The van der Waals surface area contributed by atoms with E-state index in [1.807, 2.05) is 18.7 Å². The van der Waals surface area contributed by atoms with Gasteiger partial charge in [-0.25, -0.2) is 18.9 Å². The van der Waals surface area contributed by atoms with Crippen LogP contribution in [0.25, 0.3) is 5.65 Å². The molecule has 2 bridgehead atoms. The number of carbonyl (C=O) groups excluding carboxylic acids is 1. The van der Waals surface area contributed by atoms with Crippen LogP contribution in [0.2, 0.25) is 0 Å². The molecule has 1 atom stereocenters. The average Bonchev–Trinajstić information content (AvgIpc) is 3.07. The van der Waals surface area contributed by atoms with Crippen molar-refractivity contribution < 1.29 is 18.7 Å². The molecule has 0 unspecified atom stereocenters. The number of hydrogen-bond acceptors (Lipinski definition) is 7. The lowest BCUT2D eigenvalue weighted by Gasteiger charge is -2.43. The van der Waals surface area contributed by atoms with Crippen molar-refractivity contribution >= 4 is 17.4 Å². The molecule has 1 N–H and O–H groups in total. The third-order valence-corrected chi connectivity index (χ3v) is 5.10. The second-order valence-corrected chi connectivity index (χ2v) is 7.79. The molecular weight excluding hydrogens is 379 g/mol. The lowest BCUT2D eigenvalue weighted by atomic mass is 10.0. The Morgan fingerprint density at radius 2 is 2.17 bits per heavy atom. The van der Waals surface area contributed by atoms with Gasteiger partial charge in [0.1, 0.15) is 18.0 Å². The first-order valence-electron chi connectivity index (χ1n) is 9.22. The van der Waals surface area contributed by atoms with Crippen molar-refractivity contribution in [1.29, 1.82) is 0 Å². The number of pyridine rings is 1. The van der Waals surface area contributed by atoms with Crippen molar-refractivity contribution in [2.75, 3.05) is 11.5 Å². The smallest absolute Gasteiger partial charge is 0.259 e. The van der Waals surface area contributed by atoms with Gasteiger partial charge in [0, 0.05) is 5.56 Å². The van der Waals surface area contributed by atoms with Crippen LogP contribution in [-0.2, 0) is 6.54 Å². The second-order valence-electron chi connectivity index (χ2n) is 7.79. The molecular formula is C19H19FN6O3. The highest BCUT2D eigenvalue weighted by Gasteiger charge is 2.37. The average molecular weight is 398 g/mol. The molecule has 0 fully saturated rings. The van der Waals surface area contributed by atoms with Crippen LogP contribution in [-0.4, -0.2) is 43.9 Å². The van der Waals surface area contributed by atoms with Gasteiger partial charge in [-0.3, -0.25) is 4.79 Å². The Bertz CT molecular complexity index is 1140. The van der Waals surface area contributed by atoms with E-state index in [2.05, 4.69) is 15.4 Å². The number of anilines is 1. The first-order chi connectivity index (χ1) is 13.8. The Balaban J connectivity index is 1.76. The first kappa shape index (κ1) is 17.7. The molecule has 0 aromatic carbocycles. The molecule has 0 saturated heterocycles. The highest BCUT2D eigenvalue weighted by molar-refractivity contribution is 6.00. The highest BCUT2D eigenvalue weighted by atomic mass is 19.1. The predicted molar refractivity (Wildman–Crippen MR) is 100 cm³/mol. The van der Waals surface area contributed by atoms with Crippen LogP contribution in [0.4, 0.5) is 10.2 Å². The summed E-state index contributed by atoms with van der Waals surface area (Å²) in [5.41, 5.74) is 0.820. The Kier molecular flexibility index (Phi) is 3.67. The number of fused-ring (bicyclic) bond motifs is 1. The standard InChI is InChI=1S/C19H19FN6O3/c1-10-23-17(27)13-6-22-26-8-14-16(24-15(13)26)25(19(2,3)9-28-14)7-11-4-12(20)5-21-18(11)29-10/h4-6,8,10H,7,9H2,1-3H3,(H,23,27)/t10-/m0/s1. The van der Waals surface area contributed by atoms with Crippen molar-refractivity contribution in [3.05, 3.63) is 41.6 Å². The zero-order chi connectivity index (χ0) is 20.3. The number of rotatable bonds is 0. The summed E-state index contributed by atoms with van der Waals surface area (Å²) in [5, 5.41) is 6.97. The van der Waals surface area contributed by atoms with Gasteiger partial charge in [0.05, 0.1) is 30.7 Å². The van der Waals surface area contributed by atoms with E-state index in [4.69, 9.17) is 14.5 Å². The molecule has 9 nitrogen and oxygen atoms in total. The summed E-state index contributed by atoms with van der Waals surface area (Å²) in [6.07, 6.45) is 3.56. The van der Waals surface area contributed by atoms with Crippen LogP contribution in [0.15, 0.2) is 24.7 Å². The van der Waals surface area contributed by atoms with Crippen LogP contribution in [0.5, 0.6) is 11.6 Å². The van der Waals surface area contributed by atoms with Crippen LogP contribution in [0.1, 0.15) is 36.7 Å². The Morgan fingerprint density at radius 3 is 3.00 bits per heavy atom. The number of aromatic nitrogens is 4. The van der Waals surface area contributed by atoms with Crippen molar-refractivity contribution in [3.63, 3.8) is 0 Å². The minimum atomic E-state index is -0.690. The van der Waals surface area contributed by atoms with Crippen LogP contribution in [0, 0.1) is 5.82 Å². The minimum Gasteiger partial charge on any atom is -0.486 e. The van der Waals surface area contributed by atoms with Crippen LogP contribution in [0.3, 0.4) is 0 Å². The lowest BCUT2D eigenvalue weighted by Crippen LogP contribution is -2.51. The zero-order valence-electron chi connectivity index (χ0n) is 16.1. The number of halogens is 1. The fraction of sp³-hybridized carbons (Fsp3) is 0.368. The number of amides is 1. The molecule has 5 rings (SSSR count). The normalized spacial score (nSPS) is 20.2. The summed E-state index contributed by atoms with van der Waals surface area (Å²) < 4.78 is 27.2. The molecule has 2 aliphatic rings. The van der Waals surface area contributed by atoms with Crippen molar-refractivity contribution in [3.8, 4) is 11.6 Å². The van der Waals surface area contributed by atoms with E-state index >= 15 is 0 Å². The SMILES string of the molecule is C[C@H]1NC(=O)c2cnn3cc4c(nc23)N(Cc2cc(F)cnc2O1)C(C)(C)CO4. The van der Waals surface area contributed by atoms with Crippen molar-refractivity contribution in [2.24, 2.45) is 0 Å². The number of carbonyl (C=O) groups is 1. The Morgan fingerprint density at radius 1 is 1.34 bits per heavy atom. The highest BCUT2D eigenvalue weighted by Crippen LogP contribution is 2.39. The molecule has 10 heteroatoms. The summed E-state index contributed by atoms with van der Waals surface area (Å²) >= 11 is 0. The van der Waals surface area contributed by atoms with Crippen LogP contribution >= 0.6 is 0 Å². The molecule has 0 saturated carbocycles. The van der Waals surface area contributed by atoms with E-state index in [1.165, 1.54) is 16.8 Å². The lowest BCUT2D eigenvalue weighted by molar-refractivity contribution is 0.0845. The summed E-state index contributed by atoms with van der Waals surface area (Å²) in [7, 11) is 0. The van der Waals surface area contributed by atoms with Crippen molar-refractivity contribution in [2.45, 2.75) is 39.1 Å². The van der Waals surface area contributed by atoms with E-state index in [-0.39, 0.29) is 11.8 Å². The summed E-state index contributed by atoms with van der Waals surface area (Å²) in [5.74, 6) is 0.479. The molecule has 150 valence electrons. The van der Waals surface area contributed by atoms with Gasteiger partial charge in [0.15, 0.2) is 23.4 Å². The molecule has 29 heavy (non-hydrogen) atoms. The Labute approximate surface area is 165 Å². The number of ether oxygens (including phenoxy) is 2. The van der Waals surface area contributed by atoms with Gasteiger partial charge in [-0.05, 0) is 26.8 Å². The Hall–Kier alpha value is -3.43. The first-order valence-corrected chi connectivity index (χ1v) is 9.22. The summed E-state index contributed by atoms with van der Waals surface area (Å²) in [6.45, 7) is 6.40. The number of nitrogens with zero attached hydrogens (tertiary/aromatic N) is 5. The molecule has 0 aliphatic carbocycles. The molecule has 1 amide bonds. The van der Waals surface area contributed by atoms with Gasteiger partial charge in [0.25, 0.3) is 5.91 Å². The molecule has 0 spiro atoms. The predicted octanol–water partition coefficient (Wildman–Crippen LogP) is 1.91. The van der Waals surface area contributed by atoms with Gasteiger partial charge in [0.2, 0.25) is 5.88 Å². The van der Waals surface area contributed by atoms with E-state index in [9.17, 15) is 9.18 Å². The monoisotopic (exact) mass is 398 g/mol. The third-order valence-electron chi connectivity index (χ3n) is 5.10. The molecule has 2 aliphatic heterocycles. The van der Waals surface area contributed by atoms with Gasteiger partial charge in [-0.2, -0.15) is 5.10 Å². The largest absolute Gasteiger partial charge is 0.486 e. The fourth-order valence-corrected chi connectivity index (χ4v) is 3.57. The maximum absolute atomic E-state index is 14.0. The maximum atomic E-state index is 14.0. The summed E-state index contributed by atoms with van der Waals surface area (Å²) in [6, 6.07) is 1.39. The fourth-order valence-electron chi connectivity index (χ4n) is 3.57. The van der Waals surface area contributed by atoms with Crippen LogP contribution < -0.4 is 19.7 Å². The quantitative estimate of drug-likeness (QED) is 0.618. The van der Waals surface area contributed by atoms with E-state index in [1.54, 1.807) is 13.1 Å². The maximum Gasteiger partial charge on any atom is 0.259 e. The minimum absolute atomic E-state index is 0.250. The second kappa shape index (κ2) is 6.03. The van der Waals surface area contributed by atoms with Gasteiger partial charge in [-0.1, -0.05) is 0 Å². The molecule has 3 aromatic rings. The van der Waals surface area contributed by atoms with Gasteiger partial charge in [-0.15, -0.1) is 0 Å². The van der Waals surface area contributed by atoms with Gasteiger partial charge >= 0.3 is 0 Å². The van der Waals surface area contributed by atoms with E-state index in [0.717, 1.165) is 6.20 Å². The summed E-state index contributed by atoms with van der Waals surface area (Å²) in [4.78, 5) is 23.6. The van der Waals surface area contributed by atoms with Crippen molar-refractivity contribution in [1.82, 2.24) is 24.9 Å². The molecule has 0 radical (unpaired) electrons. The van der Waals surface area contributed by atoms with E-state index < -0.39 is 17.6 Å².